The summed E-state index contributed by atoms with van der Waals surface area (Å²) in [5.74, 6) is -0.511. The highest BCUT2D eigenvalue weighted by molar-refractivity contribution is 7.20. The normalized spacial score (nSPS) is 22.2. The molecule has 0 spiro atoms. The number of likely N-dealkylation sites (tertiary alicyclic amines) is 1. The number of nitrogens with two attached hydrogens (primary N) is 1. The molecule has 4 N–H and O–H groups in total. The molecule has 11 nitrogen and oxygen atoms in total. The number of hydrogen-bond acceptors (Lipinski definition) is 8. The molecule has 240 valence electrons. The lowest BCUT2D eigenvalue weighted by Gasteiger charge is -2.28. The molecule has 0 radical (unpaired) electrons. The highest BCUT2D eigenvalue weighted by Gasteiger charge is 2.43. The molecular formula is C32H45N5O6S. The van der Waals surface area contributed by atoms with E-state index in [1.807, 2.05) is 25.1 Å². The van der Waals surface area contributed by atoms with Crippen LogP contribution in [0.15, 0.2) is 30.4 Å². The van der Waals surface area contributed by atoms with Crippen LogP contribution in [0, 0.1) is 18.8 Å². The molecule has 4 amide bonds. The van der Waals surface area contributed by atoms with E-state index in [1.165, 1.54) is 16.2 Å². The Balaban J connectivity index is 1.36. The average Bonchev–Trinajstić information content (AvgIpc) is 3.39. The summed E-state index contributed by atoms with van der Waals surface area (Å²) in [4.78, 5) is 56.6. The van der Waals surface area contributed by atoms with Gasteiger partial charge in [0.1, 0.15) is 23.8 Å². The maximum Gasteiger partial charge on any atom is 0.408 e. The summed E-state index contributed by atoms with van der Waals surface area (Å²) in [6.45, 7) is 7.42. The van der Waals surface area contributed by atoms with Crippen molar-refractivity contribution in [3.63, 3.8) is 0 Å². The Morgan fingerprint density at radius 3 is 2.64 bits per heavy atom. The first-order valence-electron chi connectivity index (χ1n) is 15.4. The minimum absolute atomic E-state index is 0.0900. The summed E-state index contributed by atoms with van der Waals surface area (Å²) < 4.78 is 12.6. The highest BCUT2D eigenvalue weighted by Crippen LogP contribution is 2.39. The number of benzene rings is 1. The Morgan fingerprint density at radius 2 is 1.95 bits per heavy atom. The van der Waals surface area contributed by atoms with Crippen LogP contribution in [0.25, 0.3) is 10.2 Å². The molecule has 44 heavy (non-hydrogen) atoms. The number of hydrogen-bond donors (Lipinski definition) is 3. The van der Waals surface area contributed by atoms with Crippen molar-refractivity contribution in [3.05, 3.63) is 35.9 Å². The lowest BCUT2D eigenvalue weighted by atomic mass is 10.0. The van der Waals surface area contributed by atoms with Gasteiger partial charge in [0.2, 0.25) is 17.7 Å². The number of fused-ring (bicyclic) bond motifs is 1. The predicted molar refractivity (Wildman–Crippen MR) is 169 cm³/mol. The Hall–Kier alpha value is -3.67. The number of unbranched alkanes of at least 4 members (excludes halogenated alkanes) is 3. The molecule has 2 heterocycles. The second-order valence-electron chi connectivity index (χ2n) is 12.7. The Morgan fingerprint density at radius 1 is 1.18 bits per heavy atom. The van der Waals surface area contributed by atoms with Crippen molar-refractivity contribution in [1.29, 1.82) is 0 Å². The summed E-state index contributed by atoms with van der Waals surface area (Å²) in [7, 11) is 1.66. The molecule has 2 aromatic rings. The van der Waals surface area contributed by atoms with Crippen molar-refractivity contribution in [3.8, 4) is 5.19 Å². The summed E-state index contributed by atoms with van der Waals surface area (Å²) >= 11 is 1.43. The van der Waals surface area contributed by atoms with E-state index in [1.54, 1.807) is 27.8 Å². The third-order valence-electron chi connectivity index (χ3n) is 7.89. The Kier molecular flexibility index (Phi) is 10.9. The van der Waals surface area contributed by atoms with Crippen LogP contribution < -0.4 is 21.1 Å². The number of carbonyl (C=O) groups excluding carboxylic acids is 4. The number of carbonyl (C=O) groups is 4. The molecule has 2 aliphatic rings. The van der Waals surface area contributed by atoms with Crippen LogP contribution in [-0.4, -0.2) is 71.1 Å². The van der Waals surface area contributed by atoms with Crippen molar-refractivity contribution in [1.82, 2.24) is 20.5 Å². The van der Waals surface area contributed by atoms with Gasteiger partial charge in [0.15, 0.2) is 0 Å². The number of aromatic nitrogens is 1. The number of aryl methyl sites for hydroxylation is 1. The lowest BCUT2D eigenvalue weighted by molar-refractivity contribution is -0.139. The van der Waals surface area contributed by atoms with Crippen molar-refractivity contribution in [2.45, 2.75) is 96.4 Å². The molecular weight excluding hydrogens is 582 g/mol. The van der Waals surface area contributed by atoms with Crippen LogP contribution in [0.4, 0.5) is 4.79 Å². The van der Waals surface area contributed by atoms with Crippen LogP contribution in [0.5, 0.6) is 5.19 Å². The fourth-order valence-corrected chi connectivity index (χ4v) is 6.49. The van der Waals surface area contributed by atoms with E-state index in [-0.39, 0.29) is 30.7 Å². The molecule has 1 aliphatic heterocycles. The third-order valence-corrected chi connectivity index (χ3v) is 8.99. The number of rotatable bonds is 13. The number of nitrogens with one attached hydrogen (secondary N) is 2. The van der Waals surface area contributed by atoms with Crippen molar-refractivity contribution < 1.29 is 28.7 Å². The Bertz CT molecular complexity index is 1380. The second kappa shape index (κ2) is 14.4. The van der Waals surface area contributed by atoms with Crippen molar-refractivity contribution in [2.24, 2.45) is 17.6 Å². The fraction of sp³-hybridized carbons (Fsp3) is 0.594. The van der Waals surface area contributed by atoms with Gasteiger partial charge in [-0.1, -0.05) is 48.5 Å². The smallest absolute Gasteiger partial charge is 0.408 e. The molecule has 12 heteroatoms. The van der Waals surface area contributed by atoms with Crippen molar-refractivity contribution in [2.75, 3.05) is 13.6 Å². The molecule has 1 saturated heterocycles. The summed E-state index contributed by atoms with van der Waals surface area (Å²) in [6.07, 6.45) is 7.89. The molecule has 2 fully saturated rings. The zero-order valence-corrected chi connectivity index (χ0v) is 27.1. The zero-order valence-electron chi connectivity index (χ0n) is 26.3. The maximum atomic E-state index is 13.8. The van der Waals surface area contributed by atoms with Gasteiger partial charge in [0.25, 0.3) is 5.19 Å². The number of thiazole rings is 1. The summed E-state index contributed by atoms with van der Waals surface area (Å²) in [5.41, 5.74) is 6.92. The van der Waals surface area contributed by atoms with Gasteiger partial charge in [0, 0.05) is 19.4 Å². The van der Waals surface area contributed by atoms with Gasteiger partial charge in [-0.15, -0.1) is 0 Å². The van der Waals surface area contributed by atoms with Crippen LogP contribution in [0.3, 0.4) is 0 Å². The molecule has 1 aliphatic carbocycles. The minimum Gasteiger partial charge on any atom is -0.465 e. The highest BCUT2D eigenvalue weighted by atomic mass is 32.1. The Labute approximate surface area is 262 Å². The van der Waals surface area contributed by atoms with E-state index in [9.17, 15) is 19.2 Å². The van der Waals surface area contributed by atoms with Crippen LogP contribution in [-0.2, 0) is 19.1 Å². The van der Waals surface area contributed by atoms with Crippen LogP contribution >= 0.6 is 11.3 Å². The van der Waals surface area contributed by atoms with Gasteiger partial charge in [-0.2, -0.15) is 0 Å². The molecule has 1 aromatic heterocycles. The molecule has 1 saturated carbocycles. The van der Waals surface area contributed by atoms with E-state index in [4.69, 9.17) is 15.2 Å². The van der Waals surface area contributed by atoms with Crippen molar-refractivity contribution >= 4 is 45.4 Å². The van der Waals surface area contributed by atoms with E-state index < -0.39 is 35.8 Å². The lowest BCUT2D eigenvalue weighted by Crippen LogP contribution is -2.53. The van der Waals surface area contributed by atoms with Gasteiger partial charge in [-0.05, 0) is 70.9 Å². The van der Waals surface area contributed by atoms with Gasteiger partial charge in [-0.3, -0.25) is 14.4 Å². The number of allylic oxidation sites excluding steroid dienone is 2. The van der Waals surface area contributed by atoms with E-state index in [0.29, 0.717) is 24.0 Å². The largest absolute Gasteiger partial charge is 0.465 e. The van der Waals surface area contributed by atoms with E-state index in [0.717, 1.165) is 41.5 Å². The van der Waals surface area contributed by atoms with Gasteiger partial charge < -0.3 is 30.7 Å². The van der Waals surface area contributed by atoms with Gasteiger partial charge in [-0.25, -0.2) is 9.78 Å². The molecule has 0 unspecified atom stereocenters. The van der Waals surface area contributed by atoms with E-state index in [2.05, 4.69) is 27.8 Å². The quantitative estimate of drug-likeness (QED) is 0.222. The predicted octanol–water partition coefficient (Wildman–Crippen LogP) is 4.22. The zero-order chi connectivity index (χ0) is 32.0. The van der Waals surface area contributed by atoms with E-state index >= 15 is 0 Å². The number of amides is 4. The first kappa shape index (κ1) is 33.2. The monoisotopic (exact) mass is 627 g/mol. The van der Waals surface area contributed by atoms with Gasteiger partial charge in [0.05, 0.1) is 16.8 Å². The minimum atomic E-state index is -0.883. The first-order valence-corrected chi connectivity index (χ1v) is 16.2. The first-order chi connectivity index (χ1) is 20.9. The number of ether oxygens (including phenoxy) is 2. The molecule has 0 bridgehead atoms. The molecule has 1 aromatic carbocycles. The number of primary amides is 1. The molecule has 4 rings (SSSR count). The maximum absolute atomic E-state index is 13.8. The third kappa shape index (κ3) is 8.93. The van der Waals surface area contributed by atoms with Crippen LogP contribution in [0.1, 0.15) is 71.3 Å². The SMILES string of the molecule is CNC(=O)[C@H]1C[C@H]1/C=C\CCCCC[C@H](NC(=O)OC(C)(C)C)C(=O)N1C[C@H](Oc2nc3cccc(C)c3s2)C[C@H]1C(N)=O. The average molecular weight is 628 g/mol. The number of alkyl carbamates (subject to hydrolysis) is 1. The molecule has 5 atom stereocenters. The summed E-state index contributed by atoms with van der Waals surface area (Å²) in [5, 5.41) is 5.90. The second-order valence-corrected chi connectivity index (χ2v) is 13.6. The van der Waals surface area contributed by atoms with Crippen LogP contribution in [0.2, 0.25) is 0 Å². The fourth-order valence-electron chi connectivity index (χ4n) is 5.54. The number of nitrogens with zero attached hydrogens (tertiary/aromatic N) is 2. The standard InChI is InChI=1S/C32H45N5O6S/c1-19-12-11-15-23-26(19)44-31(36-23)42-21-17-25(27(33)38)37(18-21)29(40)24(35-30(41)43-32(2,3)4)14-10-8-6-7-9-13-20-16-22(20)28(39)34-5/h9,11-13,15,20-22,24-25H,6-8,10,14,16-18H2,1-5H3,(H2,33,38)(H,34,39)(H,35,41)/b13-9-/t20-,21-,22+,24+,25+/m1/s1. The van der Waals surface area contributed by atoms with Gasteiger partial charge >= 0.3 is 6.09 Å². The topological polar surface area (TPSA) is 153 Å². The summed E-state index contributed by atoms with van der Waals surface area (Å²) in [6, 6.07) is 4.12.